The van der Waals surface area contributed by atoms with Gasteiger partial charge in [-0.1, -0.05) is 23.8 Å². The Hall–Kier alpha value is -0.990. The molecule has 0 aliphatic rings. The largest absolute Gasteiger partial charge is 0.389 e. The Morgan fingerprint density at radius 2 is 2.17 bits per heavy atom. The number of benzene rings is 1. The Kier molecular flexibility index (Phi) is 4.31. The molecule has 0 unspecified atom stereocenters. The van der Waals surface area contributed by atoms with Gasteiger partial charge >= 0.3 is 0 Å². The lowest BCUT2D eigenvalue weighted by Crippen LogP contribution is -2.13. The van der Waals surface area contributed by atoms with Crippen molar-refractivity contribution in [2.75, 3.05) is 5.32 Å². The molecule has 0 radical (unpaired) electrons. The number of hydrogen-bond acceptors (Lipinski definition) is 4. The van der Waals surface area contributed by atoms with Crippen LogP contribution in [0.1, 0.15) is 5.56 Å². The van der Waals surface area contributed by atoms with E-state index in [9.17, 15) is 0 Å². The van der Waals surface area contributed by atoms with Crippen molar-refractivity contribution in [1.82, 2.24) is 10.2 Å². The molecule has 2 aromatic rings. The summed E-state index contributed by atoms with van der Waals surface area (Å²) >= 11 is 13.3. The van der Waals surface area contributed by atoms with Gasteiger partial charge in [0.25, 0.3) is 0 Å². The van der Waals surface area contributed by atoms with Crippen LogP contribution in [0.2, 0.25) is 5.02 Å². The first-order chi connectivity index (χ1) is 8.58. The third-order valence-electron chi connectivity index (χ3n) is 2.17. The Bertz CT molecular complexity index is 605. The molecule has 1 heterocycles. The number of nitrogens with two attached hydrogens (primary N) is 1. The maximum absolute atomic E-state index is 6.10. The number of halogens is 2. The molecule has 0 saturated heterocycles. The molecule has 92 valence electrons. The van der Waals surface area contributed by atoms with Gasteiger partial charge in [0.05, 0.1) is 22.5 Å². The summed E-state index contributed by atoms with van der Waals surface area (Å²) < 4.78 is 1.06. The van der Waals surface area contributed by atoms with E-state index in [0.717, 1.165) is 9.26 Å². The van der Waals surface area contributed by atoms with E-state index in [1.807, 2.05) is 18.2 Å². The van der Waals surface area contributed by atoms with Crippen LogP contribution in [-0.2, 0) is 0 Å². The van der Waals surface area contributed by atoms with E-state index in [4.69, 9.17) is 29.6 Å². The smallest absolute Gasteiger partial charge is 0.163 e. The first kappa shape index (κ1) is 13.4. The van der Waals surface area contributed by atoms with Gasteiger partial charge in [0.2, 0.25) is 0 Å². The van der Waals surface area contributed by atoms with Gasteiger partial charge in [-0.3, -0.25) is 0 Å². The highest BCUT2D eigenvalue weighted by atomic mass is 127. The summed E-state index contributed by atoms with van der Waals surface area (Å²) in [5.41, 5.74) is 7.00. The molecule has 0 bridgehead atoms. The topological polar surface area (TPSA) is 63.8 Å². The normalized spacial score (nSPS) is 10.1. The number of hydrogen-bond donors (Lipinski definition) is 2. The van der Waals surface area contributed by atoms with E-state index in [1.54, 1.807) is 6.07 Å². The lowest BCUT2D eigenvalue weighted by Gasteiger charge is -2.10. The first-order valence-corrected chi connectivity index (χ1v) is 6.78. The van der Waals surface area contributed by atoms with Crippen LogP contribution in [0.15, 0.2) is 30.5 Å². The molecule has 7 heteroatoms. The summed E-state index contributed by atoms with van der Waals surface area (Å²) in [6, 6.07) is 7.34. The standard InChI is InChI=1S/C11H8ClIN4S/c12-8-2-1-6(13)5-9(8)16-11-7(10(14)18)3-4-15-17-11/h1-5H,(H2,14,18)(H,16,17). The summed E-state index contributed by atoms with van der Waals surface area (Å²) in [4.78, 5) is 0.258. The van der Waals surface area contributed by atoms with E-state index in [2.05, 4.69) is 38.1 Å². The molecule has 3 N–H and O–H groups in total. The summed E-state index contributed by atoms with van der Waals surface area (Å²) in [5, 5.41) is 11.5. The SMILES string of the molecule is NC(=S)c1ccnnc1Nc1cc(I)ccc1Cl. The monoisotopic (exact) mass is 390 g/mol. The lowest BCUT2D eigenvalue weighted by atomic mass is 10.2. The van der Waals surface area contributed by atoms with Crippen LogP contribution in [-0.4, -0.2) is 15.2 Å². The van der Waals surface area contributed by atoms with Crippen LogP contribution >= 0.6 is 46.4 Å². The van der Waals surface area contributed by atoms with Gasteiger partial charge in [-0.15, -0.1) is 5.10 Å². The second-order valence-electron chi connectivity index (χ2n) is 3.41. The van der Waals surface area contributed by atoms with Crippen molar-refractivity contribution in [2.45, 2.75) is 0 Å². The quantitative estimate of drug-likeness (QED) is 0.623. The third-order valence-corrected chi connectivity index (χ3v) is 3.39. The van der Waals surface area contributed by atoms with Gasteiger partial charge in [-0.25, -0.2) is 0 Å². The van der Waals surface area contributed by atoms with Crippen molar-refractivity contribution in [2.24, 2.45) is 5.73 Å². The Balaban J connectivity index is 2.40. The molecule has 0 aliphatic carbocycles. The second-order valence-corrected chi connectivity index (χ2v) is 5.50. The molecule has 18 heavy (non-hydrogen) atoms. The van der Waals surface area contributed by atoms with E-state index >= 15 is 0 Å². The molecule has 2 rings (SSSR count). The first-order valence-electron chi connectivity index (χ1n) is 4.91. The van der Waals surface area contributed by atoms with Crippen LogP contribution in [0.25, 0.3) is 0 Å². The predicted octanol–water partition coefficient (Wildman–Crippen LogP) is 3.11. The van der Waals surface area contributed by atoms with Crippen LogP contribution in [0, 0.1) is 3.57 Å². The van der Waals surface area contributed by atoms with E-state index < -0.39 is 0 Å². The summed E-state index contributed by atoms with van der Waals surface area (Å²) in [6.45, 7) is 0. The van der Waals surface area contributed by atoms with E-state index in [0.29, 0.717) is 16.4 Å². The maximum atomic E-state index is 6.10. The number of nitrogens with zero attached hydrogens (tertiary/aromatic N) is 2. The Morgan fingerprint density at radius 3 is 2.89 bits per heavy atom. The van der Waals surface area contributed by atoms with Crippen molar-refractivity contribution in [3.8, 4) is 0 Å². The van der Waals surface area contributed by atoms with Crippen LogP contribution in [0.5, 0.6) is 0 Å². The highest BCUT2D eigenvalue weighted by molar-refractivity contribution is 14.1. The van der Waals surface area contributed by atoms with Gasteiger partial charge in [0.15, 0.2) is 5.82 Å². The van der Waals surface area contributed by atoms with E-state index in [1.165, 1.54) is 6.20 Å². The highest BCUT2D eigenvalue weighted by Crippen LogP contribution is 2.27. The van der Waals surface area contributed by atoms with Crippen molar-refractivity contribution in [3.05, 3.63) is 44.6 Å². The van der Waals surface area contributed by atoms with Crippen LogP contribution in [0.4, 0.5) is 11.5 Å². The van der Waals surface area contributed by atoms with Crippen molar-refractivity contribution < 1.29 is 0 Å². The third kappa shape index (κ3) is 3.06. The summed E-state index contributed by atoms with van der Waals surface area (Å²) in [5.74, 6) is 0.494. The fraction of sp³-hybridized carbons (Fsp3) is 0. The minimum absolute atomic E-state index is 0.258. The minimum atomic E-state index is 0.258. The van der Waals surface area contributed by atoms with Gasteiger partial charge in [-0.2, -0.15) is 5.10 Å². The molecule has 0 amide bonds. The number of aromatic nitrogens is 2. The average molecular weight is 391 g/mol. The van der Waals surface area contributed by atoms with Crippen LogP contribution < -0.4 is 11.1 Å². The van der Waals surface area contributed by atoms with Gasteiger partial charge < -0.3 is 11.1 Å². The molecule has 0 spiro atoms. The molecule has 4 nitrogen and oxygen atoms in total. The predicted molar refractivity (Wildman–Crippen MR) is 85.4 cm³/mol. The Morgan fingerprint density at radius 1 is 1.39 bits per heavy atom. The number of thiocarbonyl (C=S) groups is 1. The highest BCUT2D eigenvalue weighted by Gasteiger charge is 2.09. The van der Waals surface area contributed by atoms with Crippen LogP contribution in [0.3, 0.4) is 0 Å². The number of nitrogens with one attached hydrogen (secondary N) is 1. The maximum Gasteiger partial charge on any atom is 0.163 e. The van der Waals surface area contributed by atoms with Gasteiger partial charge in [0, 0.05) is 3.57 Å². The van der Waals surface area contributed by atoms with Crippen molar-refractivity contribution >= 4 is 62.9 Å². The zero-order valence-corrected chi connectivity index (χ0v) is 12.8. The average Bonchev–Trinajstić information content (AvgIpc) is 2.34. The summed E-state index contributed by atoms with van der Waals surface area (Å²) in [6.07, 6.45) is 1.54. The van der Waals surface area contributed by atoms with Crippen molar-refractivity contribution in [3.63, 3.8) is 0 Å². The lowest BCUT2D eigenvalue weighted by molar-refractivity contribution is 1.03. The number of rotatable bonds is 3. The zero-order chi connectivity index (χ0) is 13.1. The molecule has 0 atom stereocenters. The molecule has 0 aliphatic heterocycles. The molecule has 0 fully saturated rings. The molecule has 1 aromatic heterocycles. The molecule has 1 aromatic carbocycles. The van der Waals surface area contributed by atoms with Crippen molar-refractivity contribution in [1.29, 1.82) is 0 Å². The number of anilines is 2. The fourth-order valence-electron chi connectivity index (χ4n) is 1.34. The van der Waals surface area contributed by atoms with Gasteiger partial charge in [0.1, 0.15) is 4.99 Å². The fourth-order valence-corrected chi connectivity index (χ4v) is 2.16. The minimum Gasteiger partial charge on any atom is -0.389 e. The van der Waals surface area contributed by atoms with Gasteiger partial charge in [-0.05, 0) is 46.9 Å². The molecule has 0 saturated carbocycles. The summed E-state index contributed by atoms with van der Waals surface area (Å²) in [7, 11) is 0. The zero-order valence-electron chi connectivity index (χ0n) is 9.02. The second kappa shape index (κ2) is 5.77. The van der Waals surface area contributed by atoms with E-state index in [-0.39, 0.29) is 4.99 Å². The Labute approximate surface area is 128 Å². The molecular weight excluding hydrogens is 383 g/mol. The molecular formula is C11H8ClIN4S.